The predicted octanol–water partition coefficient (Wildman–Crippen LogP) is 1.60. The maximum Gasteiger partial charge on any atom is 0.243 e. The Kier molecular flexibility index (Phi) is 6.06. The van der Waals surface area contributed by atoms with Crippen LogP contribution >= 0.6 is 11.6 Å². The van der Waals surface area contributed by atoms with Gasteiger partial charge in [0, 0.05) is 31.2 Å². The number of carbonyl (C=O) groups excluding carboxylic acids is 1. The van der Waals surface area contributed by atoms with Crippen LogP contribution in [0.15, 0.2) is 29.2 Å². The summed E-state index contributed by atoms with van der Waals surface area (Å²) in [4.78, 5) is 14.5. The Hall–Kier alpha value is -1.66. The Morgan fingerprint density at radius 3 is 2.30 bits per heavy atom. The van der Waals surface area contributed by atoms with E-state index in [2.05, 4.69) is 11.4 Å². The topological polar surface area (TPSA) is 93.5 Å². The summed E-state index contributed by atoms with van der Waals surface area (Å²) < 4.78 is 26.8. The molecule has 0 atom stereocenters. The van der Waals surface area contributed by atoms with Crippen LogP contribution in [0, 0.1) is 11.3 Å². The normalized spacial score (nSPS) is 20.9. The standard InChI is InChI=1S/C18H23ClN4O3S/c19-15-3-5-16(6-4-15)27(25,26)23-11-9-22(10-12-23)13-17(24)21-18(14-20)7-1-2-8-18/h3-6H,1-2,7-13H2,(H,21,24). The number of amides is 1. The van der Waals surface area contributed by atoms with Gasteiger partial charge in [-0.25, -0.2) is 8.42 Å². The van der Waals surface area contributed by atoms with E-state index in [4.69, 9.17) is 11.6 Å². The molecular weight excluding hydrogens is 388 g/mol. The van der Waals surface area contributed by atoms with Gasteiger partial charge in [-0.3, -0.25) is 9.69 Å². The number of rotatable bonds is 5. The molecule has 0 unspecified atom stereocenters. The number of carbonyl (C=O) groups is 1. The van der Waals surface area contributed by atoms with Gasteiger partial charge in [0.15, 0.2) is 0 Å². The van der Waals surface area contributed by atoms with Crippen molar-refractivity contribution in [2.75, 3.05) is 32.7 Å². The van der Waals surface area contributed by atoms with E-state index in [1.54, 1.807) is 12.1 Å². The van der Waals surface area contributed by atoms with Crippen molar-refractivity contribution < 1.29 is 13.2 Å². The Bertz CT molecular complexity index is 821. The molecule has 1 N–H and O–H groups in total. The van der Waals surface area contributed by atoms with Crippen LogP contribution in [-0.2, 0) is 14.8 Å². The summed E-state index contributed by atoms with van der Waals surface area (Å²) in [6, 6.07) is 8.37. The lowest BCUT2D eigenvalue weighted by atomic mass is 10.00. The van der Waals surface area contributed by atoms with Crippen molar-refractivity contribution in [3.8, 4) is 6.07 Å². The first-order valence-electron chi connectivity index (χ1n) is 9.05. The van der Waals surface area contributed by atoms with E-state index < -0.39 is 15.6 Å². The number of hydrogen-bond donors (Lipinski definition) is 1. The van der Waals surface area contributed by atoms with Gasteiger partial charge in [0.25, 0.3) is 0 Å². The molecule has 0 spiro atoms. The molecule has 1 aromatic rings. The first-order chi connectivity index (χ1) is 12.8. The van der Waals surface area contributed by atoms with Crippen molar-refractivity contribution in [3.63, 3.8) is 0 Å². The van der Waals surface area contributed by atoms with Crippen molar-refractivity contribution in [1.82, 2.24) is 14.5 Å². The van der Waals surface area contributed by atoms with Gasteiger partial charge < -0.3 is 5.32 Å². The largest absolute Gasteiger partial charge is 0.337 e. The highest BCUT2D eigenvalue weighted by atomic mass is 35.5. The number of halogens is 1. The molecule has 1 amide bonds. The molecule has 3 rings (SSSR count). The summed E-state index contributed by atoms with van der Waals surface area (Å²) in [6.07, 6.45) is 3.30. The van der Waals surface area contributed by atoms with Crippen LogP contribution in [0.2, 0.25) is 5.02 Å². The van der Waals surface area contributed by atoms with Crippen molar-refractivity contribution in [3.05, 3.63) is 29.3 Å². The average molecular weight is 411 g/mol. The molecule has 27 heavy (non-hydrogen) atoms. The highest BCUT2D eigenvalue weighted by molar-refractivity contribution is 7.89. The predicted molar refractivity (Wildman–Crippen MR) is 102 cm³/mol. The SMILES string of the molecule is N#CC1(NC(=O)CN2CCN(S(=O)(=O)c3ccc(Cl)cc3)CC2)CCCC1. The molecule has 9 heteroatoms. The fourth-order valence-corrected chi connectivity index (χ4v) is 5.18. The van der Waals surface area contributed by atoms with Gasteiger partial charge in [-0.05, 0) is 49.9 Å². The molecule has 1 aliphatic carbocycles. The summed E-state index contributed by atoms with van der Waals surface area (Å²) >= 11 is 5.82. The number of nitrogens with zero attached hydrogens (tertiary/aromatic N) is 3. The first-order valence-corrected chi connectivity index (χ1v) is 10.9. The van der Waals surface area contributed by atoms with Crippen molar-refractivity contribution >= 4 is 27.5 Å². The van der Waals surface area contributed by atoms with E-state index in [9.17, 15) is 18.5 Å². The number of piperazine rings is 1. The molecule has 2 fully saturated rings. The molecule has 1 saturated carbocycles. The lowest BCUT2D eigenvalue weighted by Gasteiger charge is -2.34. The zero-order valence-corrected chi connectivity index (χ0v) is 16.6. The summed E-state index contributed by atoms with van der Waals surface area (Å²) in [5.74, 6) is -0.174. The van der Waals surface area contributed by atoms with Gasteiger partial charge in [0.05, 0.1) is 17.5 Å². The first kappa shape index (κ1) is 20.1. The van der Waals surface area contributed by atoms with Crippen LogP contribution in [0.4, 0.5) is 0 Å². The van der Waals surface area contributed by atoms with Gasteiger partial charge in [0.1, 0.15) is 5.54 Å². The molecule has 1 aliphatic heterocycles. The maximum atomic E-state index is 12.7. The monoisotopic (exact) mass is 410 g/mol. The number of sulfonamides is 1. The summed E-state index contributed by atoms with van der Waals surface area (Å²) in [7, 11) is -3.56. The lowest BCUT2D eigenvalue weighted by Crippen LogP contribution is -2.53. The quantitative estimate of drug-likeness (QED) is 0.795. The number of hydrogen-bond acceptors (Lipinski definition) is 5. The van der Waals surface area contributed by atoms with Crippen LogP contribution in [0.1, 0.15) is 25.7 Å². The highest BCUT2D eigenvalue weighted by Crippen LogP contribution is 2.28. The van der Waals surface area contributed by atoms with Crippen molar-refractivity contribution in [2.24, 2.45) is 0 Å². The van der Waals surface area contributed by atoms with Crippen molar-refractivity contribution in [2.45, 2.75) is 36.1 Å². The van der Waals surface area contributed by atoms with Crippen LogP contribution < -0.4 is 5.32 Å². The van der Waals surface area contributed by atoms with Gasteiger partial charge in [-0.2, -0.15) is 9.57 Å². The molecule has 2 aliphatic rings. The molecule has 7 nitrogen and oxygen atoms in total. The minimum atomic E-state index is -3.56. The smallest absolute Gasteiger partial charge is 0.243 e. The third kappa shape index (κ3) is 4.61. The highest BCUT2D eigenvalue weighted by Gasteiger charge is 2.36. The minimum absolute atomic E-state index is 0.174. The second kappa shape index (κ2) is 8.15. The Morgan fingerprint density at radius 2 is 1.74 bits per heavy atom. The molecule has 0 aromatic heterocycles. The average Bonchev–Trinajstić information content (AvgIpc) is 3.11. The number of benzene rings is 1. The summed E-state index contributed by atoms with van der Waals surface area (Å²) in [6.45, 7) is 1.76. The second-order valence-corrected chi connectivity index (χ2v) is 9.46. The summed E-state index contributed by atoms with van der Waals surface area (Å²) in [5, 5.41) is 12.7. The molecule has 146 valence electrons. The lowest BCUT2D eigenvalue weighted by molar-refractivity contribution is -0.123. The van der Waals surface area contributed by atoms with Crippen molar-refractivity contribution in [1.29, 1.82) is 5.26 Å². The van der Waals surface area contributed by atoms with E-state index in [1.165, 1.54) is 16.4 Å². The Balaban J connectivity index is 1.53. The third-order valence-electron chi connectivity index (χ3n) is 5.20. The molecule has 1 saturated heterocycles. The van der Waals surface area contributed by atoms with Crippen LogP contribution in [0.5, 0.6) is 0 Å². The number of nitrogens with one attached hydrogen (secondary N) is 1. The van der Waals surface area contributed by atoms with Crippen LogP contribution in [-0.4, -0.2) is 61.8 Å². The van der Waals surface area contributed by atoms with Crippen LogP contribution in [0.3, 0.4) is 0 Å². The Labute approximate surface area is 164 Å². The molecule has 1 aromatic carbocycles. The van der Waals surface area contributed by atoms with E-state index in [1.807, 2.05) is 4.90 Å². The van der Waals surface area contributed by atoms with E-state index in [0.29, 0.717) is 44.0 Å². The zero-order valence-electron chi connectivity index (χ0n) is 15.0. The van der Waals surface area contributed by atoms with Gasteiger partial charge >= 0.3 is 0 Å². The van der Waals surface area contributed by atoms with Gasteiger partial charge in [-0.1, -0.05) is 11.6 Å². The Morgan fingerprint density at radius 1 is 1.15 bits per heavy atom. The third-order valence-corrected chi connectivity index (χ3v) is 7.36. The maximum absolute atomic E-state index is 12.7. The van der Waals surface area contributed by atoms with E-state index >= 15 is 0 Å². The number of nitriles is 1. The summed E-state index contributed by atoms with van der Waals surface area (Å²) in [5.41, 5.74) is -0.725. The zero-order chi connectivity index (χ0) is 19.5. The second-order valence-electron chi connectivity index (χ2n) is 7.08. The molecule has 1 heterocycles. The minimum Gasteiger partial charge on any atom is -0.337 e. The fraction of sp³-hybridized carbons (Fsp3) is 0.556. The van der Waals surface area contributed by atoms with Crippen LogP contribution in [0.25, 0.3) is 0 Å². The van der Waals surface area contributed by atoms with Gasteiger partial charge in [0.2, 0.25) is 15.9 Å². The van der Waals surface area contributed by atoms with E-state index in [0.717, 1.165) is 12.8 Å². The van der Waals surface area contributed by atoms with Gasteiger partial charge in [-0.15, -0.1) is 0 Å². The molecular formula is C18H23ClN4O3S. The molecule has 0 bridgehead atoms. The molecule has 0 radical (unpaired) electrons. The fourth-order valence-electron chi connectivity index (χ4n) is 3.64. The van der Waals surface area contributed by atoms with E-state index in [-0.39, 0.29) is 17.3 Å².